The molecule has 1 aliphatic carbocycles. The van der Waals surface area contributed by atoms with Crippen molar-refractivity contribution in [3.63, 3.8) is 0 Å². The second-order valence-electron chi connectivity index (χ2n) is 5.76. The maximum atomic E-state index is 12.9. The highest BCUT2D eigenvalue weighted by Crippen LogP contribution is 2.28. The van der Waals surface area contributed by atoms with E-state index in [1.165, 1.54) is 24.3 Å². The van der Waals surface area contributed by atoms with Crippen molar-refractivity contribution in [3.05, 3.63) is 59.9 Å². The number of hydrogen-bond acceptors (Lipinski definition) is 3. The van der Waals surface area contributed by atoms with Crippen molar-refractivity contribution < 1.29 is 14.0 Å². The van der Waals surface area contributed by atoms with E-state index in [2.05, 4.69) is 16.0 Å². The molecule has 7 heteroatoms. The van der Waals surface area contributed by atoms with Gasteiger partial charge in [-0.2, -0.15) is 0 Å². The van der Waals surface area contributed by atoms with Crippen LogP contribution in [0.3, 0.4) is 0 Å². The fourth-order valence-electron chi connectivity index (χ4n) is 2.20. The molecule has 5 nitrogen and oxygen atoms in total. The first-order valence-corrected chi connectivity index (χ1v) is 8.21. The predicted molar refractivity (Wildman–Crippen MR) is 97.9 cm³/mol. The Balaban J connectivity index is 1.61. The summed E-state index contributed by atoms with van der Waals surface area (Å²) >= 11 is 5.11. The van der Waals surface area contributed by atoms with Crippen molar-refractivity contribution in [2.24, 2.45) is 5.92 Å². The molecule has 1 fully saturated rings. The summed E-state index contributed by atoms with van der Waals surface area (Å²) in [6, 6.07) is 12.2. The fraction of sp³-hybridized carbons (Fsp3) is 0.167. The number of carbonyl (C=O) groups is 2. The summed E-state index contributed by atoms with van der Waals surface area (Å²) in [6.07, 6.45) is 1.79. The zero-order valence-electron chi connectivity index (χ0n) is 13.2. The Morgan fingerprint density at radius 1 is 1.00 bits per heavy atom. The van der Waals surface area contributed by atoms with Gasteiger partial charge in [0.1, 0.15) is 5.82 Å². The number of anilines is 2. The van der Waals surface area contributed by atoms with Crippen LogP contribution >= 0.6 is 12.2 Å². The summed E-state index contributed by atoms with van der Waals surface area (Å²) in [5, 5.41) is 8.41. The molecule has 0 saturated heterocycles. The normalized spacial score (nSPS) is 13.0. The summed E-state index contributed by atoms with van der Waals surface area (Å²) in [7, 11) is 0. The van der Waals surface area contributed by atoms with Gasteiger partial charge in [-0.3, -0.25) is 9.59 Å². The monoisotopic (exact) mass is 357 g/mol. The smallest absolute Gasteiger partial charge is 0.255 e. The van der Waals surface area contributed by atoms with Gasteiger partial charge in [0.2, 0.25) is 5.91 Å². The molecule has 128 valence electrons. The molecular weight excluding hydrogens is 341 g/mol. The molecular formula is C18H16FN3O2S. The van der Waals surface area contributed by atoms with Crippen LogP contribution in [-0.4, -0.2) is 16.9 Å². The highest BCUT2D eigenvalue weighted by molar-refractivity contribution is 7.80. The molecule has 25 heavy (non-hydrogen) atoms. The SMILES string of the molecule is O=C(Nc1ccc(F)cc1)c1cccc(NC(=S)NC(=O)C2CC2)c1. The number of nitrogens with one attached hydrogen (secondary N) is 3. The van der Waals surface area contributed by atoms with Gasteiger partial charge < -0.3 is 16.0 Å². The lowest BCUT2D eigenvalue weighted by molar-refractivity contribution is -0.120. The van der Waals surface area contributed by atoms with Crippen LogP contribution in [0.1, 0.15) is 23.2 Å². The zero-order valence-corrected chi connectivity index (χ0v) is 14.0. The molecule has 0 aromatic heterocycles. The fourth-order valence-corrected chi connectivity index (χ4v) is 2.41. The molecule has 2 aromatic carbocycles. The van der Waals surface area contributed by atoms with Crippen LogP contribution in [0.5, 0.6) is 0 Å². The average Bonchev–Trinajstić information content (AvgIpc) is 3.42. The van der Waals surface area contributed by atoms with Crippen LogP contribution < -0.4 is 16.0 Å². The third kappa shape index (κ3) is 4.84. The van der Waals surface area contributed by atoms with Gasteiger partial charge in [0.15, 0.2) is 5.11 Å². The summed E-state index contributed by atoms with van der Waals surface area (Å²) in [4.78, 5) is 24.0. The molecule has 1 saturated carbocycles. The van der Waals surface area contributed by atoms with Gasteiger partial charge in [0.25, 0.3) is 5.91 Å². The molecule has 0 aliphatic heterocycles. The Morgan fingerprint density at radius 2 is 1.72 bits per heavy atom. The van der Waals surface area contributed by atoms with Gasteiger partial charge in [-0.05, 0) is 67.5 Å². The standard InChI is InChI=1S/C18H16FN3O2S/c19-13-6-8-14(9-7-13)20-17(24)12-2-1-3-15(10-12)21-18(25)22-16(23)11-4-5-11/h1-3,6-11H,4-5H2,(H,20,24)(H2,21,22,23,25). The first-order valence-electron chi connectivity index (χ1n) is 7.80. The Morgan fingerprint density at radius 3 is 2.40 bits per heavy atom. The van der Waals surface area contributed by atoms with E-state index < -0.39 is 0 Å². The topological polar surface area (TPSA) is 70.2 Å². The maximum absolute atomic E-state index is 12.9. The van der Waals surface area contributed by atoms with E-state index in [9.17, 15) is 14.0 Å². The number of halogens is 1. The predicted octanol–water partition coefficient (Wildman–Crippen LogP) is 3.30. The molecule has 2 aromatic rings. The molecule has 2 amide bonds. The molecule has 1 aliphatic rings. The van der Waals surface area contributed by atoms with E-state index in [-0.39, 0.29) is 28.7 Å². The average molecular weight is 357 g/mol. The maximum Gasteiger partial charge on any atom is 0.255 e. The molecule has 0 radical (unpaired) electrons. The van der Waals surface area contributed by atoms with Gasteiger partial charge >= 0.3 is 0 Å². The van der Waals surface area contributed by atoms with E-state index in [4.69, 9.17) is 12.2 Å². The first kappa shape index (κ1) is 17.0. The number of rotatable bonds is 4. The number of hydrogen-bond donors (Lipinski definition) is 3. The lowest BCUT2D eigenvalue weighted by Gasteiger charge is -2.11. The van der Waals surface area contributed by atoms with Gasteiger partial charge in [-0.1, -0.05) is 6.07 Å². The number of carbonyl (C=O) groups excluding carboxylic acids is 2. The zero-order chi connectivity index (χ0) is 17.8. The van der Waals surface area contributed by atoms with Gasteiger partial charge in [-0.15, -0.1) is 0 Å². The number of benzene rings is 2. The minimum Gasteiger partial charge on any atom is -0.332 e. The largest absolute Gasteiger partial charge is 0.332 e. The number of amides is 2. The quantitative estimate of drug-likeness (QED) is 0.735. The van der Waals surface area contributed by atoms with Gasteiger partial charge in [0.05, 0.1) is 0 Å². The molecule has 0 unspecified atom stereocenters. The third-order valence-corrected chi connectivity index (χ3v) is 3.87. The molecule has 0 heterocycles. The summed E-state index contributed by atoms with van der Waals surface area (Å²) < 4.78 is 12.9. The lowest BCUT2D eigenvalue weighted by Crippen LogP contribution is -2.35. The van der Waals surface area contributed by atoms with Crippen molar-refractivity contribution in [2.75, 3.05) is 10.6 Å². The summed E-state index contributed by atoms with van der Waals surface area (Å²) in [6.45, 7) is 0. The highest BCUT2D eigenvalue weighted by Gasteiger charge is 2.30. The van der Waals surface area contributed by atoms with Crippen molar-refractivity contribution in [1.82, 2.24) is 5.32 Å². The molecule has 3 N–H and O–H groups in total. The van der Waals surface area contributed by atoms with E-state index in [1.54, 1.807) is 24.3 Å². The minimum atomic E-state index is -0.369. The molecule has 0 bridgehead atoms. The molecule has 0 spiro atoms. The lowest BCUT2D eigenvalue weighted by atomic mass is 10.2. The Kier molecular flexibility index (Phi) is 5.04. The summed E-state index contributed by atoms with van der Waals surface area (Å²) in [5.41, 5.74) is 1.50. The number of thiocarbonyl (C=S) groups is 1. The highest BCUT2D eigenvalue weighted by atomic mass is 32.1. The molecule has 3 rings (SSSR count). The second kappa shape index (κ2) is 7.40. The Hall–Kier alpha value is -2.80. The van der Waals surface area contributed by atoms with Crippen LogP contribution in [0.4, 0.5) is 15.8 Å². The first-order chi connectivity index (χ1) is 12.0. The van der Waals surface area contributed by atoms with E-state index in [0.29, 0.717) is 16.9 Å². The van der Waals surface area contributed by atoms with E-state index in [1.807, 2.05) is 0 Å². The Labute approximate surface area is 149 Å². The van der Waals surface area contributed by atoms with E-state index >= 15 is 0 Å². The van der Waals surface area contributed by atoms with Crippen LogP contribution in [0, 0.1) is 11.7 Å². The molecule has 0 atom stereocenters. The van der Waals surface area contributed by atoms with Crippen molar-refractivity contribution >= 4 is 40.5 Å². The van der Waals surface area contributed by atoms with Crippen LogP contribution in [0.2, 0.25) is 0 Å². The van der Waals surface area contributed by atoms with Crippen molar-refractivity contribution in [2.45, 2.75) is 12.8 Å². The van der Waals surface area contributed by atoms with Gasteiger partial charge in [0, 0.05) is 22.9 Å². The Bertz CT molecular complexity index is 819. The van der Waals surface area contributed by atoms with Crippen molar-refractivity contribution in [3.8, 4) is 0 Å². The van der Waals surface area contributed by atoms with Crippen LogP contribution in [0.15, 0.2) is 48.5 Å². The third-order valence-electron chi connectivity index (χ3n) is 3.67. The summed E-state index contributed by atoms with van der Waals surface area (Å²) in [5.74, 6) is -0.718. The minimum absolute atomic E-state index is 0.0626. The second-order valence-corrected chi connectivity index (χ2v) is 6.17. The van der Waals surface area contributed by atoms with Crippen LogP contribution in [0.25, 0.3) is 0 Å². The van der Waals surface area contributed by atoms with Crippen LogP contribution in [-0.2, 0) is 4.79 Å². The van der Waals surface area contributed by atoms with E-state index in [0.717, 1.165) is 12.8 Å². The van der Waals surface area contributed by atoms with Gasteiger partial charge in [-0.25, -0.2) is 4.39 Å². The van der Waals surface area contributed by atoms with Crippen molar-refractivity contribution in [1.29, 1.82) is 0 Å².